The average Bonchev–Trinajstić information content (AvgIpc) is 3.03. The van der Waals surface area contributed by atoms with Gasteiger partial charge in [0, 0.05) is 25.4 Å². The molecule has 0 aliphatic heterocycles. The molecular formula is C43H82N2S. The Hall–Kier alpha value is -1.19. The first-order valence-corrected chi connectivity index (χ1v) is 20.7. The van der Waals surface area contributed by atoms with Crippen LogP contribution in [-0.4, -0.2) is 49.3 Å². The zero-order chi connectivity index (χ0) is 34.4. The summed E-state index contributed by atoms with van der Waals surface area (Å²) in [4.78, 5) is 4.83. The molecule has 0 heterocycles. The van der Waals surface area contributed by atoms with Crippen molar-refractivity contribution in [1.29, 1.82) is 0 Å². The van der Waals surface area contributed by atoms with Crippen molar-refractivity contribution < 1.29 is 0 Å². The molecule has 0 rings (SSSR count). The molecule has 0 amide bonds. The molecular weight excluding hydrogens is 577 g/mol. The second-order valence-corrected chi connectivity index (χ2v) is 14.6. The van der Waals surface area contributed by atoms with Crippen molar-refractivity contribution in [3.8, 4) is 0 Å². The number of unbranched alkanes of at least 4 members (excludes halogenated alkanes) is 16. The van der Waals surface area contributed by atoms with E-state index in [0.717, 1.165) is 18.7 Å². The number of rotatable bonds is 33. The van der Waals surface area contributed by atoms with Gasteiger partial charge in [-0.25, -0.2) is 0 Å². The van der Waals surface area contributed by atoms with Gasteiger partial charge >= 0.3 is 0 Å². The fourth-order valence-corrected chi connectivity index (χ4v) is 6.20. The maximum atomic E-state index is 4.43. The van der Waals surface area contributed by atoms with Gasteiger partial charge in [0.15, 0.2) is 0 Å². The predicted octanol–water partition coefficient (Wildman–Crippen LogP) is 14.3. The summed E-state index contributed by atoms with van der Waals surface area (Å²) in [6.07, 6.45) is 44.1. The Kier molecular flexibility index (Phi) is 40.8. The summed E-state index contributed by atoms with van der Waals surface area (Å²) in [6.45, 7) is 20.8. The quantitative estimate of drug-likeness (QED) is 0.0512. The van der Waals surface area contributed by atoms with Gasteiger partial charge in [-0.2, -0.15) is 0 Å². The van der Waals surface area contributed by atoms with Crippen LogP contribution in [0, 0.1) is 0 Å². The number of thioether (sulfide) groups is 1. The van der Waals surface area contributed by atoms with Crippen LogP contribution in [0.1, 0.15) is 175 Å². The molecule has 0 atom stereocenters. The van der Waals surface area contributed by atoms with Crippen LogP contribution in [-0.2, 0) is 0 Å². The normalized spacial score (nSPS) is 11.6. The van der Waals surface area contributed by atoms with Crippen molar-refractivity contribution in [3.63, 3.8) is 0 Å². The zero-order valence-electron chi connectivity index (χ0n) is 32.3. The number of nitrogens with zero attached hydrogens (tertiary/aromatic N) is 2. The monoisotopic (exact) mass is 659 g/mol. The van der Waals surface area contributed by atoms with Gasteiger partial charge in [0.25, 0.3) is 0 Å². The molecule has 0 radical (unpaired) electrons. The third kappa shape index (κ3) is 40.8. The molecule has 0 spiro atoms. The molecule has 0 aromatic carbocycles. The van der Waals surface area contributed by atoms with Crippen LogP contribution in [0.5, 0.6) is 0 Å². The molecule has 0 saturated heterocycles. The number of hydrogen-bond donors (Lipinski definition) is 0. The van der Waals surface area contributed by atoms with E-state index >= 15 is 0 Å². The van der Waals surface area contributed by atoms with Gasteiger partial charge < -0.3 is 9.80 Å². The van der Waals surface area contributed by atoms with Crippen LogP contribution in [0.15, 0.2) is 60.2 Å². The summed E-state index contributed by atoms with van der Waals surface area (Å²) in [5.74, 6) is 1.13. The molecule has 3 heteroatoms. The van der Waals surface area contributed by atoms with Gasteiger partial charge in [0.1, 0.15) is 0 Å². The largest absolute Gasteiger partial charge is 0.367 e. The first kappa shape index (κ1) is 46.9. The molecule has 0 bridgehead atoms. The van der Waals surface area contributed by atoms with Crippen molar-refractivity contribution in [2.45, 2.75) is 175 Å². The molecule has 0 aliphatic carbocycles. The maximum absolute atomic E-state index is 4.43. The van der Waals surface area contributed by atoms with E-state index in [2.05, 4.69) is 101 Å². The van der Waals surface area contributed by atoms with E-state index in [1.807, 2.05) is 11.8 Å². The van der Waals surface area contributed by atoms with E-state index < -0.39 is 0 Å². The van der Waals surface area contributed by atoms with Crippen molar-refractivity contribution in [2.75, 3.05) is 39.5 Å². The predicted molar refractivity (Wildman–Crippen MR) is 217 cm³/mol. The highest BCUT2D eigenvalue weighted by molar-refractivity contribution is 8.02. The lowest BCUT2D eigenvalue weighted by molar-refractivity contribution is 0.343. The minimum Gasteiger partial charge on any atom is -0.367 e. The van der Waals surface area contributed by atoms with Gasteiger partial charge in [-0.3, -0.25) is 0 Å². The minimum atomic E-state index is 1.10. The van der Waals surface area contributed by atoms with Gasteiger partial charge in [-0.05, 0) is 98.1 Å². The summed E-state index contributed by atoms with van der Waals surface area (Å²) in [6, 6.07) is 0. The maximum Gasteiger partial charge on any atom is 0.0634 e. The average molecular weight is 659 g/mol. The Morgan fingerprint density at radius 2 is 1.00 bits per heavy atom. The molecule has 270 valence electrons. The molecule has 0 aromatic heterocycles. The molecule has 0 aliphatic rings. The highest BCUT2D eigenvalue weighted by atomic mass is 32.2. The highest BCUT2D eigenvalue weighted by Gasteiger charge is 2.08. The Morgan fingerprint density at radius 1 is 0.543 bits per heavy atom. The first-order valence-electron chi connectivity index (χ1n) is 19.7. The van der Waals surface area contributed by atoms with E-state index in [1.54, 1.807) is 0 Å². The van der Waals surface area contributed by atoms with Crippen LogP contribution in [0.4, 0.5) is 0 Å². The Bertz CT molecular complexity index is 720. The topological polar surface area (TPSA) is 6.48 Å². The summed E-state index contributed by atoms with van der Waals surface area (Å²) >= 11 is 1.94. The zero-order valence-corrected chi connectivity index (χ0v) is 33.1. The molecule has 0 fully saturated rings. The molecule has 0 aromatic rings. The van der Waals surface area contributed by atoms with E-state index in [-0.39, 0.29) is 0 Å². The summed E-state index contributed by atoms with van der Waals surface area (Å²) in [5.41, 5.74) is 1.32. The second-order valence-electron chi connectivity index (χ2n) is 13.5. The van der Waals surface area contributed by atoms with Crippen LogP contribution in [0.2, 0.25) is 0 Å². The van der Waals surface area contributed by atoms with Crippen LogP contribution < -0.4 is 0 Å². The third-order valence-corrected chi connectivity index (χ3v) is 9.17. The fraction of sp³-hybridized carbons (Fsp3) is 0.767. The second kappa shape index (κ2) is 40.0. The number of hydrogen-bond acceptors (Lipinski definition) is 3. The third-order valence-electron chi connectivity index (χ3n) is 8.20. The smallest absolute Gasteiger partial charge is 0.0634 e. The lowest BCUT2D eigenvalue weighted by atomic mass is 10.1. The van der Waals surface area contributed by atoms with E-state index in [0.29, 0.717) is 0 Å². The van der Waals surface area contributed by atoms with Crippen molar-refractivity contribution in [2.24, 2.45) is 0 Å². The molecule has 46 heavy (non-hydrogen) atoms. The van der Waals surface area contributed by atoms with Crippen LogP contribution in [0.3, 0.4) is 0 Å². The molecule has 0 saturated carbocycles. The lowest BCUT2D eigenvalue weighted by Crippen LogP contribution is -2.25. The van der Waals surface area contributed by atoms with Crippen LogP contribution in [0.25, 0.3) is 0 Å². The van der Waals surface area contributed by atoms with Gasteiger partial charge in [-0.15, -0.1) is 18.3 Å². The van der Waals surface area contributed by atoms with Crippen LogP contribution >= 0.6 is 11.8 Å². The highest BCUT2D eigenvalue weighted by Crippen LogP contribution is 2.21. The first-order chi connectivity index (χ1) is 22.4. The minimum absolute atomic E-state index is 1.10. The Morgan fingerprint density at radius 3 is 1.48 bits per heavy atom. The summed E-state index contributed by atoms with van der Waals surface area (Å²) in [5, 5.41) is 1.28. The lowest BCUT2D eigenvalue weighted by Gasteiger charge is -2.27. The standard InChI is InChI=1S/C33H62N2S.C10H20/c1-7-8-9-10-11-12-13-14-15-16-17-18-19-22-25-28-35(33(4)36-31-30-34(5)6)29-26-23-20-21-24-27-32(2)3;1-3-5-7-9-10-8-6-4-2/h12-13,15-16H,2,4,7-11,14,17-31H2,1,3,5-6H3;5,7H,3-4,6,8-10H2,1-2H3/b13-12?,16-15+;7-5-. The molecule has 2 nitrogen and oxygen atoms in total. The Labute approximate surface area is 295 Å². The van der Waals surface area contributed by atoms with E-state index in [9.17, 15) is 0 Å². The molecule has 0 N–H and O–H groups in total. The fourth-order valence-electron chi connectivity index (χ4n) is 5.15. The van der Waals surface area contributed by atoms with E-state index in [1.165, 1.54) is 165 Å². The molecule has 0 unspecified atom stereocenters. The summed E-state index contributed by atoms with van der Waals surface area (Å²) in [7, 11) is 4.30. The van der Waals surface area contributed by atoms with Gasteiger partial charge in [0.05, 0.1) is 5.03 Å². The number of allylic oxidation sites excluding steroid dienone is 7. The van der Waals surface area contributed by atoms with Gasteiger partial charge in [0.2, 0.25) is 0 Å². The Balaban J connectivity index is 0. The van der Waals surface area contributed by atoms with E-state index in [4.69, 9.17) is 0 Å². The van der Waals surface area contributed by atoms with Gasteiger partial charge in [-0.1, -0.05) is 140 Å². The van der Waals surface area contributed by atoms with Crippen molar-refractivity contribution in [1.82, 2.24) is 9.80 Å². The SMILES string of the molecule is C=C(C)CCCCCCCN(CCCCCC/C=C/CC=CCCCCCC)C(=C)SCCN(C)C.CC/C=C\CCCCCC. The van der Waals surface area contributed by atoms with Crippen molar-refractivity contribution in [3.05, 3.63) is 60.2 Å². The van der Waals surface area contributed by atoms with Crippen molar-refractivity contribution >= 4 is 11.8 Å². The summed E-state index contributed by atoms with van der Waals surface area (Å²) < 4.78 is 0.